The molecule has 0 bridgehead atoms. The van der Waals surface area contributed by atoms with E-state index in [1.54, 1.807) is 0 Å². The summed E-state index contributed by atoms with van der Waals surface area (Å²) in [5.74, 6) is 0.605. The average Bonchev–Trinajstić information content (AvgIpc) is 2.86. The summed E-state index contributed by atoms with van der Waals surface area (Å²) in [4.78, 5) is 6.54. The second kappa shape index (κ2) is 5.69. The van der Waals surface area contributed by atoms with Crippen molar-refractivity contribution in [1.82, 2.24) is 4.90 Å². The molecular formula is C12H23N3O2. The fourth-order valence-corrected chi connectivity index (χ4v) is 2.63. The van der Waals surface area contributed by atoms with E-state index in [0.717, 1.165) is 39.1 Å². The van der Waals surface area contributed by atoms with Crippen molar-refractivity contribution in [2.75, 3.05) is 39.5 Å². The van der Waals surface area contributed by atoms with Gasteiger partial charge >= 0.3 is 0 Å². The lowest BCUT2D eigenvalue weighted by Gasteiger charge is -2.29. The predicted molar refractivity (Wildman–Crippen MR) is 66.9 cm³/mol. The fraction of sp³-hybridized carbons (Fsp3) is 0.917. The van der Waals surface area contributed by atoms with Gasteiger partial charge in [-0.05, 0) is 12.8 Å². The third-order valence-electron chi connectivity index (χ3n) is 3.91. The number of hydrogen-bond donors (Lipinski definition) is 2. The van der Waals surface area contributed by atoms with Crippen LogP contribution in [0.4, 0.5) is 0 Å². The molecule has 0 spiro atoms. The van der Waals surface area contributed by atoms with E-state index in [1.165, 1.54) is 12.8 Å². The monoisotopic (exact) mass is 241 g/mol. The Bertz CT molecular complexity index is 269. The van der Waals surface area contributed by atoms with Gasteiger partial charge in [-0.1, -0.05) is 12.8 Å². The van der Waals surface area contributed by atoms with Crippen molar-refractivity contribution in [2.24, 2.45) is 16.1 Å². The van der Waals surface area contributed by atoms with Crippen LogP contribution in [0.1, 0.15) is 25.7 Å². The summed E-state index contributed by atoms with van der Waals surface area (Å²) >= 11 is 0. The Morgan fingerprint density at radius 3 is 2.53 bits per heavy atom. The molecule has 0 radical (unpaired) electrons. The quantitative estimate of drug-likeness (QED) is 0.546. The first-order chi connectivity index (χ1) is 8.26. The van der Waals surface area contributed by atoms with Gasteiger partial charge in [-0.3, -0.25) is 4.99 Å². The number of ether oxygens (including phenoxy) is 1. The highest BCUT2D eigenvalue weighted by Crippen LogP contribution is 2.37. The van der Waals surface area contributed by atoms with Crippen molar-refractivity contribution in [3.63, 3.8) is 0 Å². The molecule has 5 heteroatoms. The van der Waals surface area contributed by atoms with Crippen LogP contribution in [0.25, 0.3) is 0 Å². The van der Waals surface area contributed by atoms with Gasteiger partial charge in [0.05, 0.1) is 26.4 Å². The molecule has 3 N–H and O–H groups in total. The van der Waals surface area contributed by atoms with Gasteiger partial charge in [0.15, 0.2) is 5.96 Å². The van der Waals surface area contributed by atoms with Gasteiger partial charge in [-0.15, -0.1) is 0 Å². The van der Waals surface area contributed by atoms with Crippen molar-refractivity contribution >= 4 is 5.96 Å². The number of aliphatic hydroxyl groups is 1. The van der Waals surface area contributed by atoms with Gasteiger partial charge in [0.1, 0.15) is 0 Å². The van der Waals surface area contributed by atoms with E-state index < -0.39 is 0 Å². The number of aliphatic hydroxyl groups excluding tert-OH is 1. The lowest BCUT2D eigenvalue weighted by molar-refractivity contribution is 0.0670. The second-order valence-corrected chi connectivity index (χ2v) is 5.14. The molecule has 0 aromatic rings. The van der Waals surface area contributed by atoms with Crippen LogP contribution in [0.5, 0.6) is 0 Å². The van der Waals surface area contributed by atoms with Crippen molar-refractivity contribution < 1.29 is 9.84 Å². The van der Waals surface area contributed by atoms with Gasteiger partial charge < -0.3 is 20.5 Å². The van der Waals surface area contributed by atoms with Gasteiger partial charge in [-0.2, -0.15) is 0 Å². The highest BCUT2D eigenvalue weighted by Gasteiger charge is 2.33. The molecular weight excluding hydrogens is 218 g/mol. The topological polar surface area (TPSA) is 71.1 Å². The number of nitrogens with zero attached hydrogens (tertiary/aromatic N) is 2. The molecule has 1 heterocycles. The fourth-order valence-electron chi connectivity index (χ4n) is 2.63. The van der Waals surface area contributed by atoms with Gasteiger partial charge in [0, 0.05) is 18.5 Å². The zero-order valence-electron chi connectivity index (χ0n) is 10.4. The van der Waals surface area contributed by atoms with Crippen molar-refractivity contribution in [3.8, 4) is 0 Å². The first-order valence-electron chi connectivity index (χ1n) is 6.49. The molecule has 0 amide bonds. The number of guanidine groups is 1. The predicted octanol–water partition coefficient (Wildman–Crippen LogP) is 0.186. The van der Waals surface area contributed by atoms with Crippen molar-refractivity contribution in [1.29, 1.82) is 0 Å². The molecule has 1 aliphatic heterocycles. The Kier molecular flexibility index (Phi) is 4.23. The van der Waals surface area contributed by atoms with E-state index in [1.807, 2.05) is 0 Å². The van der Waals surface area contributed by atoms with Crippen LogP contribution in [-0.2, 0) is 4.74 Å². The van der Waals surface area contributed by atoms with E-state index in [9.17, 15) is 5.11 Å². The molecule has 1 saturated heterocycles. The van der Waals surface area contributed by atoms with Gasteiger partial charge in [0.25, 0.3) is 0 Å². The maximum atomic E-state index is 9.50. The van der Waals surface area contributed by atoms with Crippen LogP contribution in [0, 0.1) is 5.41 Å². The van der Waals surface area contributed by atoms with Gasteiger partial charge in [0.2, 0.25) is 0 Å². The van der Waals surface area contributed by atoms with Gasteiger partial charge in [-0.25, -0.2) is 0 Å². The second-order valence-electron chi connectivity index (χ2n) is 5.14. The number of nitrogens with two attached hydrogens (primary N) is 1. The molecule has 0 aromatic carbocycles. The minimum Gasteiger partial charge on any atom is -0.396 e. The minimum atomic E-state index is -0.00307. The molecule has 5 nitrogen and oxygen atoms in total. The highest BCUT2D eigenvalue weighted by molar-refractivity contribution is 5.78. The summed E-state index contributed by atoms with van der Waals surface area (Å²) in [6.07, 6.45) is 4.55. The highest BCUT2D eigenvalue weighted by atomic mass is 16.5. The number of aliphatic imine (C=N–C) groups is 1. The van der Waals surface area contributed by atoms with Crippen molar-refractivity contribution in [2.45, 2.75) is 25.7 Å². The van der Waals surface area contributed by atoms with E-state index in [4.69, 9.17) is 10.5 Å². The van der Waals surface area contributed by atoms with E-state index in [2.05, 4.69) is 9.89 Å². The number of rotatable bonds is 3. The van der Waals surface area contributed by atoms with E-state index >= 15 is 0 Å². The lowest BCUT2D eigenvalue weighted by atomic mass is 9.87. The van der Waals surface area contributed by atoms with Crippen LogP contribution in [-0.4, -0.2) is 55.4 Å². The third kappa shape index (κ3) is 3.10. The maximum Gasteiger partial charge on any atom is 0.191 e. The average molecular weight is 241 g/mol. The zero-order chi connectivity index (χ0) is 12.1. The molecule has 17 heavy (non-hydrogen) atoms. The molecule has 0 unspecified atom stereocenters. The molecule has 0 aromatic heterocycles. The van der Waals surface area contributed by atoms with Crippen LogP contribution in [0.15, 0.2) is 4.99 Å². The van der Waals surface area contributed by atoms with Crippen LogP contribution in [0.2, 0.25) is 0 Å². The maximum absolute atomic E-state index is 9.50. The summed E-state index contributed by atoms with van der Waals surface area (Å²) in [6.45, 7) is 3.98. The smallest absolute Gasteiger partial charge is 0.191 e. The molecule has 2 aliphatic rings. The summed E-state index contributed by atoms with van der Waals surface area (Å²) in [6, 6.07) is 0. The van der Waals surface area contributed by atoms with E-state index in [0.29, 0.717) is 12.5 Å². The van der Waals surface area contributed by atoms with Crippen LogP contribution < -0.4 is 5.73 Å². The molecule has 1 saturated carbocycles. The summed E-state index contributed by atoms with van der Waals surface area (Å²) in [5.41, 5.74) is 5.98. The molecule has 1 aliphatic carbocycles. The Morgan fingerprint density at radius 1 is 1.29 bits per heavy atom. The summed E-state index contributed by atoms with van der Waals surface area (Å²) in [7, 11) is 0. The zero-order valence-corrected chi connectivity index (χ0v) is 10.4. The Labute approximate surface area is 103 Å². The first-order valence-corrected chi connectivity index (χ1v) is 6.49. The molecule has 2 fully saturated rings. The Balaban J connectivity index is 1.89. The van der Waals surface area contributed by atoms with Crippen LogP contribution in [0.3, 0.4) is 0 Å². The Hall–Kier alpha value is -0.810. The molecule has 0 atom stereocenters. The van der Waals surface area contributed by atoms with Crippen molar-refractivity contribution in [3.05, 3.63) is 0 Å². The Morgan fingerprint density at radius 2 is 1.94 bits per heavy atom. The number of morpholine rings is 1. The summed E-state index contributed by atoms with van der Waals surface area (Å²) < 4.78 is 5.28. The minimum absolute atomic E-state index is 0.00307. The number of hydrogen-bond acceptors (Lipinski definition) is 3. The van der Waals surface area contributed by atoms with E-state index in [-0.39, 0.29) is 12.0 Å². The largest absolute Gasteiger partial charge is 0.396 e. The normalized spacial score (nSPS) is 25.2. The molecule has 98 valence electrons. The summed E-state index contributed by atoms with van der Waals surface area (Å²) in [5, 5.41) is 9.50. The van der Waals surface area contributed by atoms with Crippen LogP contribution >= 0.6 is 0 Å². The third-order valence-corrected chi connectivity index (χ3v) is 3.91. The first kappa shape index (κ1) is 12.6. The standard InChI is InChI=1S/C12H23N3O2/c13-11(15-5-7-17-8-6-15)14-9-12(10-16)3-1-2-4-12/h16H,1-10H2,(H2,13,14). The SMILES string of the molecule is NC(=NCC1(CO)CCCC1)N1CCOCC1. The molecule has 2 rings (SSSR count). The lowest BCUT2D eigenvalue weighted by Crippen LogP contribution is -2.45.